The number of para-hydroxylation sites is 1. The molecule has 0 bridgehead atoms. The predicted octanol–water partition coefficient (Wildman–Crippen LogP) is 3.34. The molecule has 0 unspecified atom stereocenters. The number of nitrogens with zero attached hydrogens (tertiary/aromatic N) is 4. The summed E-state index contributed by atoms with van der Waals surface area (Å²) in [7, 11) is 0. The van der Waals surface area contributed by atoms with Gasteiger partial charge in [-0.2, -0.15) is 5.10 Å². The number of furan rings is 1. The normalized spacial score (nSPS) is 14.5. The third-order valence-corrected chi connectivity index (χ3v) is 5.09. The number of hydrogen-bond donors (Lipinski definition) is 1. The van der Waals surface area contributed by atoms with Crippen LogP contribution in [0.3, 0.4) is 0 Å². The predicted molar refractivity (Wildman–Crippen MR) is 99.8 cm³/mol. The van der Waals surface area contributed by atoms with Crippen molar-refractivity contribution in [2.75, 3.05) is 6.54 Å². The molecule has 4 heterocycles. The number of fused-ring (bicyclic) bond motifs is 2. The maximum absolute atomic E-state index is 6.08. The first kappa shape index (κ1) is 15.4. The highest BCUT2D eigenvalue weighted by molar-refractivity contribution is 5.81. The molecule has 26 heavy (non-hydrogen) atoms. The summed E-state index contributed by atoms with van der Waals surface area (Å²) in [6.45, 7) is 5.61. The van der Waals surface area contributed by atoms with Crippen molar-refractivity contribution < 1.29 is 4.42 Å². The molecule has 5 rings (SSSR count). The highest BCUT2D eigenvalue weighted by atomic mass is 16.3. The van der Waals surface area contributed by atoms with Crippen molar-refractivity contribution in [3.63, 3.8) is 0 Å². The molecule has 0 saturated carbocycles. The fraction of sp³-hybridized carbons (Fsp3) is 0.300. The molecule has 0 spiro atoms. The van der Waals surface area contributed by atoms with Crippen LogP contribution in [0.25, 0.3) is 22.5 Å². The lowest BCUT2D eigenvalue weighted by molar-refractivity contribution is 0.525. The number of nitrogens with one attached hydrogen (secondary N) is 1. The molecule has 1 N–H and O–H groups in total. The molecule has 132 valence electrons. The van der Waals surface area contributed by atoms with Crippen molar-refractivity contribution in [1.29, 1.82) is 0 Å². The number of aromatic nitrogens is 4. The molecular formula is C20H21N5O. The Kier molecular flexibility index (Phi) is 3.64. The zero-order valence-electron chi connectivity index (χ0n) is 14.8. The van der Waals surface area contributed by atoms with E-state index in [1.54, 1.807) is 0 Å². The lowest BCUT2D eigenvalue weighted by Crippen LogP contribution is -2.11. The van der Waals surface area contributed by atoms with E-state index in [4.69, 9.17) is 9.52 Å². The molecule has 0 amide bonds. The average molecular weight is 347 g/mol. The van der Waals surface area contributed by atoms with Crippen molar-refractivity contribution >= 4 is 11.0 Å². The first-order valence-electron chi connectivity index (χ1n) is 9.05. The van der Waals surface area contributed by atoms with Gasteiger partial charge < -0.3 is 14.3 Å². The Hall–Kier alpha value is -2.86. The molecule has 0 aliphatic carbocycles. The number of hydrogen-bond acceptors (Lipinski definition) is 4. The van der Waals surface area contributed by atoms with E-state index in [1.807, 2.05) is 30.6 Å². The molecule has 0 radical (unpaired) electrons. The number of benzene rings is 1. The smallest absolute Gasteiger partial charge is 0.160 e. The van der Waals surface area contributed by atoms with Gasteiger partial charge in [0.25, 0.3) is 0 Å². The van der Waals surface area contributed by atoms with Gasteiger partial charge in [0.15, 0.2) is 5.82 Å². The molecular weight excluding hydrogens is 326 g/mol. The maximum Gasteiger partial charge on any atom is 0.160 e. The van der Waals surface area contributed by atoms with Crippen molar-refractivity contribution in [1.82, 2.24) is 24.6 Å². The zero-order valence-corrected chi connectivity index (χ0v) is 14.8. The van der Waals surface area contributed by atoms with E-state index in [0.717, 1.165) is 48.9 Å². The van der Waals surface area contributed by atoms with E-state index in [2.05, 4.69) is 38.6 Å². The number of rotatable bonds is 3. The minimum atomic E-state index is 0.649. The van der Waals surface area contributed by atoms with Gasteiger partial charge in [0.1, 0.15) is 17.0 Å². The standard InChI is InChI=1S/C20H21N5O/c1-14-16-5-2-3-6-18(16)26-19(14)13-24-10-8-22-20(24)17-11-15-12-21-7-4-9-25(15)23-17/h2-3,5-6,8,10-11,21H,4,7,9,12-13H2,1H3. The number of imidazole rings is 1. The maximum atomic E-state index is 6.08. The van der Waals surface area contributed by atoms with Crippen LogP contribution in [0.5, 0.6) is 0 Å². The number of aryl methyl sites for hydroxylation is 2. The minimum Gasteiger partial charge on any atom is -0.459 e. The average Bonchev–Trinajstić information content (AvgIpc) is 3.31. The summed E-state index contributed by atoms with van der Waals surface area (Å²) < 4.78 is 10.3. The van der Waals surface area contributed by atoms with Gasteiger partial charge in [0.2, 0.25) is 0 Å². The zero-order chi connectivity index (χ0) is 17.5. The minimum absolute atomic E-state index is 0.649. The van der Waals surface area contributed by atoms with E-state index >= 15 is 0 Å². The Morgan fingerprint density at radius 2 is 2.19 bits per heavy atom. The lowest BCUT2D eigenvalue weighted by atomic mass is 10.1. The van der Waals surface area contributed by atoms with Crippen LogP contribution >= 0.6 is 0 Å². The molecule has 6 nitrogen and oxygen atoms in total. The van der Waals surface area contributed by atoms with Crippen LogP contribution in [-0.2, 0) is 19.6 Å². The molecule has 4 aromatic rings. The van der Waals surface area contributed by atoms with Crippen LogP contribution in [0.1, 0.15) is 23.4 Å². The van der Waals surface area contributed by atoms with Crippen molar-refractivity contribution in [2.24, 2.45) is 0 Å². The Bertz CT molecular complexity index is 1050. The second kappa shape index (κ2) is 6.14. The molecule has 1 aromatic carbocycles. The van der Waals surface area contributed by atoms with Gasteiger partial charge in [0, 0.05) is 36.4 Å². The Balaban J connectivity index is 1.50. The Labute approximate surface area is 151 Å². The first-order chi connectivity index (χ1) is 12.8. The van der Waals surface area contributed by atoms with Crippen LogP contribution < -0.4 is 5.32 Å². The summed E-state index contributed by atoms with van der Waals surface area (Å²) in [5.74, 6) is 1.85. The topological polar surface area (TPSA) is 60.8 Å². The third-order valence-electron chi connectivity index (χ3n) is 5.09. The summed E-state index contributed by atoms with van der Waals surface area (Å²) in [6.07, 6.45) is 4.92. The first-order valence-corrected chi connectivity index (χ1v) is 9.05. The second-order valence-electron chi connectivity index (χ2n) is 6.80. The van der Waals surface area contributed by atoms with Gasteiger partial charge in [-0.05, 0) is 32.0 Å². The highest BCUT2D eigenvalue weighted by Gasteiger charge is 2.17. The monoisotopic (exact) mass is 347 g/mol. The summed E-state index contributed by atoms with van der Waals surface area (Å²) >= 11 is 0. The van der Waals surface area contributed by atoms with Crippen LogP contribution in [0, 0.1) is 6.92 Å². The van der Waals surface area contributed by atoms with E-state index < -0.39 is 0 Å². The summed E-state index contributed by atoms with van der Waals surface area (Å²) in [4.78, 5) is 4.56. The fourth-order valence-electron chi connectivity index (χ4n) is 3.67. The van der Waals surface area contributed by atoms with Crippen molar-refractivity contribution in [2.45, 2.75) is 33.0 Å². The van der Waals surface area contributed by atoms with Gasteiger partial charge >= 0.3 is 0 Å². The van der Waals surface area contributed by atoms with E-state index in [-0.39, 0.29) is 0 Å². The summed E-state index contributed by atoms with van der Waals surface area (Å²) in [5, 5.41) is 9.39. The Morgan fingerprint density at radius 1 is 1.27 bits per heavy atom. The fourth-order valence-corrected chi connectivity index (χ4v) is 3.67. The largest absolute Gasteiger partial charge is 0.459 e. The molecule has 0 atom stereocenters. The molecule has 1 aliphatic rings. The molecule has 0 fully saturated rings. The van der Waals surface area contributed by atoms with Crippen LogP contribution in [-0.4, -0.2) is 25.9 Å². The van der Waals surface area contributed by atoms with E-state index in [0.29, 0.717) is 6.54 Å². The van der Waals surface area contributed by atoms with Crippen LogP contribution in [0.2, 0.25) is 0 Å². The van der Waals surface area contributed by atoms with E-state index in [9.17, 15) is 0 Å². The van der Waals surface area contributed by atoms with Crippen molar-refractivity contribution in [3.8, 4) is 11.5 Å². The lowest BCUT2D eigenvalue weighted by Gasteiger charge is -2.05. The SMILES string of the molecule is Cc1c(Cn2ccnc2-c2cc3n(n2)CCCNC3)oc2ccccc12. The van der Waals surface area contributed by atoms with Crippen molar-refractivity contribution in [3.05, 3.63) is 59.7 Å². The highest BCUT2D eigenvalue weighted by Crippen LogP contribution is 2.27. The van der Waals surface area contributed by atoms with Gasteiger partial charge in [-0.1, -0.05) is 18.2 Å². The molecule has 0 saturated heterocycles. The second-order valence-corrected chi connectivity index (χ2v) is 6.80. The molecule has 6 heteroatoms. The molecule has 1 aliphatic heterocycles. The summed E-state index contributed by atoms with van der Waals surface area (Å²) in [6, 6.07) is 10.3. The summed E-state index contributed by atoms with van der Waals surface area (Å²) in [5.41, 5.74) is 4.25. The quantitative estimate of drug-likeness (QED) is 0.617. The van der Waals surface area contributed by atoms with Gasteiger partial charge in [0.05, 0.1) is 12.2 Å². The van der Waals surface area contributed by atoms with Crippen LogP contribution in [0.15, 0.2) is 47.1 Å². The van der Waals surface area contributed by atoms with E-state index in [1.165, 1.54) is 16.6 Å². The molecule has 3 aromatic heterocycles. The Morgan fingerprint density at radius 3 is 3.12 bits per heavy atom. The van der Waals surface area contributed by atoms with Crippen LogP contribution in [0.4, 0.5) is 0 Å². The third kappa shape index (κ3) is 2.54. The van der Waals surface area contributed by atoms with Gasteiger partial charge in [-0.15, -0.1) is 0 Å². The van der Waals surface area contributed by atoms with Gasteiger partial charge in [-0.25, -0.2) is 4.98 Å². The van der Waals surface area contributed by atoms with Gasteiger partial charge in [-0.3, -0.25) is 4.68 Å².